The first kappa shape index (κ1) is 13.0. The van der Waals surface area contributed by atoms with E-state index in [1.165, 1.54) is 19.2 Å². The van der Waals surface area contributed by atoms with Crippen molar-refractivity contribution in [2.45, 2.75) is 6.61 Å². The maximum Gasteiger partial charge on any atom is 0.333 e. The highest BCUT2D eigenvalue weighted by molar-refractivity contribution is 7.84. The summed E-state index contributed by atoms with van der Waals surface area (Å²) in [5.74, 6) is -0.115. The summed E-state index contributed by atoms with van der Waals surface area (Å²) in [6.45, 7) is -0.415. The second kappa shape index (κ2) is 4.88. The SMILES string of the molecule is COc1cc(Cl)cc(COS(N)(=O)=O)c1O. The average molecular weight is 268 g/mol. The Morgan fingerprint density at radius 1 is 1.50 bits per heavy atom. The third-order valence-electron chi connectivity index (χ3n) is 1.72. The van der Waals surface area contributed by atoms with Crippen molar-refractivity contribution >= 4 is 21.9 Å². The molecule has 0 atom stereocenters. The standard InChI is InChI=1S/C8H10ClNO5S/c1-14-7-3-6(9)2-5(8(7)11)4-15-16(10,12)13/h2-3,11H,4H2,1H3,(H2,10,12,13). The van der Waals surface area contributed by atoms with Crippen LogP contribution in [0.1, 0.15) is 5.56 Å². The molecule has 3 N–H and O–H groups in total. The summed E-state index contributed by atoms with van der Waals surface area (Å²) in [5.41, 5.74) is 0.165. The Morgan fingerprint density at radius 3 is 2.62 bits per heavy atom. The van der Waals surface area contributed by atoms with Crippen LogP contribution in [0.3, 0.4) is 0 Å². The van der Waals surface area contributed by atoms with Crippen molar-refractivity contribution in [1.82, 2.24) is 0 Å². The van der Waals surface area contributed by atoms with Crippen molar-refractivity contribution in [3.8, 4) is 11.5 Å². The average Bonchev–Trinajstić information content (AvgIpc) is 2.17. The molecule has 0 radical (unpaired) electrons. The van der Waals surface area contributed by atoms with Gasteiger partial charge < -0.3 is 9.84 Å². The minimum absolute atomic E-state index is 0.125. The molecule has 1 aromatic rings. The Labute approximate surface area is 97.8 Å². The number of benzene rings is 1. The normalized spacial score (nSPS) is 11.4. The van der Waals surface area contributed by atoms with Gasteiger partial charge in [-0.1, -0.05) is 11.6 Å². The minimum Gasteiger partial charge on any atom is -0.504 e. The zero-order valence-electron chi connectivity index (χ0n) is 8.31. The highest BCUT2D eigenvalue weighted by Gasteiger charge is 2.12. The number of hydrogen-bond donors (Lipinski definition) is 2. The molecule has 1 aromatic carbocycles. The van der Waals surface area contributed by atoms with Crippen LogP contribution in [0, 0.1) is 0 Å². The topological polar surface area (TPSA) is 98.9 Å². The van der Waals surface area contributed by atoms with Crippen LogP contribution in [0.5, 0.6) is 11.5 Å². The van der Waals surface area contributed by atoms with Gasteiger partial charge in [-0.05, 0) is 6.07 Å². The van der Waals surface area contributed by atoms with Gasteiger partial charge in [-0.3, -0.25) is 4.18 Å². The minimum atomic E-state index is -4.07. The van der Waals surface area contributed by atoms with Crippen molar-refractivity contribution in [3.63, 3.8) is 0 Å². The Balaban J connectivity index is 3.00. The molecule has 90 valence electrons. The molecule has 16 heavy (non-hydrogen) atoms. The van der Waals surface area contributed by atoms with E-state index < -0.39 is 16.9 Å². The Hall–Kier alpha value is -1.02. The molecule has 0 heterocycles. The molecule has 0 aliphatic carbocycles. The van der Waals surface area contributed by atoms with Gasteiger partial charge in [0.15, 0.2) is 11.5 Å². The molecular formula is C8H10ClNO5S. The number of ether oxygens (including phenoxy) is 1. The molecule has 0 aliphatic rings. The maximum absolute atomic E-state index is 10.6. The van der Waals surface area contributed by atoms with E-state index in [0.717, 1.165) is 0 Å². The van der Waals surface area contributed by atoms with E-state index in [-0.39, 0.29) is 22.1 Å². The second-order valence-corrected chi connectivity index (χ2v) is 4.53. The quantitative estimate of drug-likeness (QED) is 0.840. The van der Waals surface area contributed by atoms with E-state index in [1.54, 1.807) is 0 Å². The first-order valence-corrected chi connectivity index (χ1v) is 5.91. The Kier molecular flexibility index (Phi) is 3.98. The fraction of sp³-hybridized carbons (Fsp3) is 0.250. The fourth-order valence-electron chi connectivity index (χ4n) is 1.04. The molecule has 0 fully saturated rings. The molecule has 0 amide bonds. The van der Waals surface area contributed by atoms with E-state index in [9.17, 15) is 13.5 Å². The zero-order valence-corrected chi connectivity index (χ0v) is 9.88. The molecule has 0 aromatic heterocycles. The molecule has 0 spiro atoms. The molecular weight excluding hydrogens is 258 g/mol. The number of nitrogens with two attached hydrogens (primary N) is 1. The van der Waals surface area contributed by atoms with Crippen LogP contribution >= 0.6 is 11.6 Å². The summed E-state index contributed by atoms with van der Waals surface area (Å²) < 4.78 is 30.3. The van der Waals surface area contributed by atoms with Crippen LogP contribution in [0.4, 0.5) is 0 Å². The Morgan fingerprint density at radius 2 is 2.12 bits per heavy atom. The lowest BCUT2D eigenvalue weighted by Crippen LogP contribution is -2.15. The van der Waals surface area contributed by atoms with Crippen molar-refractivity contribution in [3.05, 3.63) is 22.7 Å². The van der Waals surface area contributed by atoms with Gasteiger partial charge in [-0.15, -0.1) is 0 Å². The monoisotopic (exact) mass is 267 g/mol. The van der Waals surface area contributed by atoms with Gasteiger partial charge in [-0.2, -0.15) is 8.42 Å². The molecule has 8 heteroatoms. The van der Waals surface area contributed by atoms with Gasteiger partial charge in [0.05, 0.1) is 13.7 Å². The molecule has 6 nitrogen and oxygen atoms in total. The molecule has 0 unspecified atom stereocenters. The number of hydrogen-bond acceptors (Lipinski definition) is 5. The van der Waals surface area contributed by atoms with Gasteiger partial charge in [0.1, 0.15) is 0 Å². The molecule has 1 rings (SSSR count). The summed E-state index contributed by atoms with van der Waals surface area (Å²) in [5, 5.41) is 14.5. The molecule has 0 aliphatic heterocycles. The van der Waals surface area contributed by atoms with Gasteiger partial charge in [0.2, 0.25) is 0 Å². The number of aromatic hydroxyl groups is 1. The van der Waals surface area contributed by atoms with Crippen molar-refractivity contribution in [2.75, 3.05) is 7.11 Å². The van der Waals surface area contributed by atoms with Crippen molar-refractivity contribution in [2.24, 2.45) is 5.14 Å². The second-order valence-electron chi connectivity index (χ2n) is 2.87. The third-order valence-corrected chi connectivity index (χ3v) is 2.38. The van der Waals surface area contributed by atoms with E-state index in [0.29, 0.717) is 0 Å². The first-order chi connectivity index (χ1) is 7.33. The van der Waals surface area contributed by atoms with Crippen molar-refractivity contribution in [1.29, 1.82) is 0 Å². The van der Waals surface area contributed by atoms with Gasteiger partial charge >= 0.3 is 10.3 Å². The molecule has 0 saturated carbocycles. The number of phenols is 1. The predicted octanol–water partition coefficient (Wildman–Crippen LogP) is 0.774. The van der Waals surface area contributed by atoms with Crippen LogP contribution in [-0.2, 0) is 21.1 Å². The van der Waals surface area contributed by atoms with Gasteiger partial charge in [0, 0.05) is 16.7 Å². The van der Waals surface area contributed by atoms with Crippen LogP contribution in [0.25, 0.3) is 0 Å². The summed E-state index contributed by atoms with van der Waals surface area (Å²) in [6.07, 6.45) is 0. The highest BCUT2D eigenvalue weighted by Crippen LogP contribution is 2.33. The first-order valence-electron chi connectivity index (χ1n) is 4.06. The van der Waals surface area contributed by atoms with Crippen LogP contribution in [0.2, 0.25) is 5.02 Å². The van der Waals surface area contributed by atoms with E-state index in [2.05, 4.69) is 9.32 Å². The van der Waals surface area contributed by atoms with Crippen LogP contribution in [0.15, 0.2) is 12.1 Å². The number of phenolic OH excluding ortho intramolecular Hbond substituents is 1. The third kappa shape index (κ3) is 3.53. The van der Waals surface area contributed by atoms with Crippen molar-refractivity contribution < 1.29 is 22.4 Å². The van der Waals surface area contributed by atoms with Crippen LogP contribution < -0.4 is 9.88 Å². The summed E-state index contributed by atoms with van der Waals surface area (Å²) in [6, 6.07) is 2.74. The van der Waals surface area contributed by atoms with Gasteiger partial charge in [-0.25, -0.2) is 5.14 Å². The number of halogens is 1. The number of methoxy groups -OCH3 is 1. The smallest absolute Gasteiger partial charge is 0.333 e. The summed E-state index contributed by atoms with van der Waals surface area (Å²) >= 11 is 5.72. The Bertz CT molecular complexity index is 487. The van der Waals surface area contributed by atoms with E-state index in [4.69, 9.17) is 16.3 Å². The van der Waals surface area contributed by atoms with E-state index >= 15 is 0 Å². The lowest BCUT2D eigenvalue weighted by molar-refractivity contribution is 0.298. The lowest BCUT2D eigenvalue weighted by Gasteiger charge is -2.09. The van der Waals surface area contributed by atoms with Crippen LogP contribution in [-0.4, -0.2) is 20.6 Å². The summed E-state index contributed by atoms with van der Waals surface area (Å²) in [4.78, 5) is 0. The zero-order chi connectivity index (χ0) is 12.3. The fourth-order valence-corrected chi connectivity index (χ4v) is 1.56. The summed E-state index contributed by atoms with van der Waals surface area (Å²) in [7, 11) is -2.72. The number of rotatable bonds is 4. The van der Waals surface area contributed by atoms with Gasteiger partial charge in [0.25, 0.3) is 0 Å². The largest absolute Gasteiger partial charge is 0.504 e. The molecule has 0 saturated heterocycles. The highest BCUT2D eigenvalue weighted by atomic mass is 35.5. The predicted molar refractivity (Wildman–Crippen MR) is 57.6 cm³/mol. The lowest BCUT2D eigenvalue weighted by atomic mass is 10.2. The van der Waals surface area contributed by atoms with E-state index in [1.807, 2.05) is 0 Å². The molecule has 0 bridgehead atoms. The maximum atomic E-state index is 10.6.